The molecule has 3 N–H and O–H groups in total. The Balaban J connectivity index is 1.36. The molecule has 0 radical (unpaired) electrons. The predicted octanol–water partition coefficient (Wildman–Crippen LogP) is 3.89. The van der Waals surface area contributed by atoms with Crippen molar-refractivity contribution >= 4 is 44.9 Å². The van der Waals surface area contributed by atoms with Gasteiger partial charge in [0, 0.05) is 48.5 Å². The average molecular weight is 777 g/mol. The summed E-state index contributed by atoms with van der Waals surface area (Å²) >= 11 is 0. The number of carbonyl (C=O) groups is 4. The Morgan fingerprint density at radius 3 is 2.35 bits per heavy atom. The van der Waals surface area contributed by atoms with Crippen LogP contribution >= 0.6 is 0 Å². The third-order valence-electron chi connectivity index (χ3n) is 10.4. The van der Waals surface area contributed by atoms with Gasteiger partial charge in [0.05, 0.1) is 25.4 Å². The van der Waals surface area contributed by atoms with Crippen LogP contribution in [0.25, 0.3) is 22.2 Å². The molecule has 3 heterocycles. The number of hydrogen-bond donors (Lipinski definition) is 3. The van der Waals surface area contributed by atoms with E-state index in [1.807, 2.05) is 30.3 Å². The van der Waals surface area contributed by atoms with Gasteiger partial charge in [-0.25, -0.2) is 14.5 Å². The summed E-state index contributed by atoms with van der Waals surface area (Å²) in [7, 11) is -1.40. The fourth-order valence-corrected chi connectivity index (χ4v) is 8.55. The van der Waals surface area contributed by atoms with Gasteiger partial charge in [0.25, 0.3) is 5.91 Å². The second kappa shape index (κ2) is 15.5. The van der Waals surface area contributed by atoms with Crippen LogP contribution in [0.4, 0.5) is 4.79 Å². The Kier molecular flexibility index (Phi) is 11.1. The molecule has 3 fully saturated rings. The van der Waals surface area contributed by atoms with E-state index in [-0.39, 0.29) is 32.4 Å². The van der Waals surface area contributed by atoms with E-state index in [2.05, 4.69) is 21.9 Å². The van der Waals surface area contributed by atoms with Crippen LogP contribution in [-0.4, -0.2) is 97.6 Å². The number of alkyl carbamates (subject to hydrolysis) is 1. The SMILES string of the molecule is C=CC1CC1(NC(=O)[C@@H]1CC[C@@H](Oc2cc(-c3ccccc3)nc3cc(OC)ccc23)N1C(=O)[C@H](NC(=O)OC)C(C)(C)C)C(=O)NS(=O)(=O)N1CCCC1. The number of amides is 4. The van der Waals surface area contributed by atoms with E-state index >= 15 is 0 Å². The van der Waals surface area contributed by atoms with Crippen LogP contribution in [0, 0.1) is 11.3 Å². The van der Waals surface area contributed by atoms with Crippen LogP contribution in [0.2, 0.25) is 0 Å². The van der Waals surface area contributed by atoms with Gasteiger partial charge in [-0.3, -0.25) is 19.3 Å². The minimum atomic E-state index is -4.15. The predicted molar refractivity (Wildman–Crippen MR) is 204 cm³/mol. The van der Waals surface area contributed by atoms with Crippen molar-refractivity contribution in [3.8, 4) is 22.8 Å². The number of nitrogens with zero attached hydrogens (tertiary/aromatic N) is 3. The summed E-state index contributed by atoms with van der Waals surface area (Å²) in [4.78, 5) is 61.6. The van der Waals surface area contributed by atoms with Crippen LogP contribution in [0.5, 0.6) is 11.5 Å². The summed E-state index contributed by atoms with van der Waals surface area (Å²) in [5.41, 5.74) is -0.461. The molecule has 16 heteroatoms. The molecule has 2 aromatic carbocycles. The van der Waals surface area contributed by atoms with Gasteiger partial charge in [0.1, 0.15) is 29.1 Å². The molecule has 6 rings (SSSR count). The minimum absolute atomic E-state index is 0.118. The standard InChI is InChI=1S/C39H48N6O9S/c1-7-25-23-39(25,36(48)43-55(50,51)44-19-11-12-20-44)42-34(46)30-17-18-32(45(30)35(47)33(38(2,3)4)41-37(49)53-6)54-31-22-28(24-13-9-8-10-14-24)40-29-21-26(52-5)15-16-27(29)31/h7-10,13-16,21-22,25,30,32-33H,1,11-12,17-20,23H2,2-6H3,(H,41,49)(H,42,46)(H,43,48)/t25?,30-,32+,33-,39?/m0/s1. The fourth-order valence-electron chi connectivity index (χ4n) is 7.27. The summed E-state index contributed by atoms with van der Waals surface area (Å²) in [5.74, 6) is -1.76. The lowest BCUT2D eigenvalue weighted by Crippen LogP contribution is -2.62. The minimum Gasteiger partial charge on any atom is -0.497 e. The van der Waals surface area contributed by atoms with Crippen LogP contribution < -0.4 is 24.8 Å². The molecular weight excluding hydrogens is 729 g/mol. The number of ether oxygens (including phenoxy) is 3. The topological polar surface area (TPSA) is 186 Å². The van der Waals surface area contributed by atoms with E-state index in [0.29, 0.717) is 40.9 Å². The van der Waals surface area contributed by atoms with Gasteiger partial charge < -0.3 is 24.8 Å². The molecule has 1 aliphatic carbocycles. The highest BCUT2D eigenvalue weighted by atomic mass is 32.2. The molecule has 1 saturated carbocycles. The third kappa shape index (κ3) is 8.10. The lowest BCUT2D eigenvalue weighted by Gasteiger charge is -2.37. The Labute approximate surface area is 320 Å². The van der Waals surface area contributed by atoms with E-state index in [0.717, 1.165) is 5.56 Å². The summed E-state index contributed by atoms with van der Waals surface area (Å²) in [6, 6.07) is 14.3. The molecule has 3 aliphatic rings. The average Bonchev–Trinajstić information content (AvgIpc) is 3.45. The molecule has 4 amide bonds. The first-order chi connectivity index (χ1) is 26.1. The summed E-state index contributed by atoms with van der Waals surface area (Å²) in [5, 5.41) is 6.07. The van der Waals surface area contributed by atoms with E-state index in [1.165, 1.54) is 22.4 Å². The number of nitrogens with one attached hydrogen (secondary N) is 3. The maximum atomic E-state index is 14.8. The van der Waals surface area contributed by atoms with E-state index < -0.39 is 69.2 Å². The van der Waals surface area contributed by atoms with Crippen LogP contribution in [0.3, 0.4) is 0 Å². The van der Waals surface area contributed by atoms with Gasteiger partial charge in [-0.1, -0.05) is 57.2 Å². The zero-order valence-corrected chi connectivity index (χ0v) is 32.5. The quantitative estimate of drug-likeness (QED) is 0.228. The normalized spacial score (nSPS) is 23.1. The number of carbonyl (C=O) groups excluding carboxylic acids is 4. The molecule has 3 aromatic rings. The third-order valence-corrected chi connectivity index (χ3v) is 11.9. The number of aromatic nitrogens is 1. The van der Waals surface area contributed by atoms with Crippen molar-refractivity contribution in [2.24, 2.45) is 11.3 Å². The monoisotopic (exact) mass is 776 g/mol. The molecule has 294 valence electrons. The highest BCUT2D eigenvalue weighted by molar-refractivity contribution is 7.87. The molecule has 2 unspecified atom stereocenters. The van der Waals surface area contributed by atoms with Gasteiger partial charge in [-0.2, -0.15) is 12.7 Å². The Bertz CT molecular complexity index is 2080. The van der Waals surface area contributed by atoms with Crippen LogP contribution in [0.15, 0.2) is 67.3 Å². The van der Waals surface area contributed by atoms with E-state index in [9.17, 15) is 27.6 Å². The lowest BCUT2D eigenvalue weighted by atomic mass is 9.85. The molecule has 0 spiro atoms. The zero-order chi connectivity index (χ0) is 39.7. The molecule has 5 atom stereocenters. The maximum Gasteiger partial charge on any atom is 0.407 e. The fraction of sp³-hybridized carbons (Fsp3) is 0.462. The van der Waals surface area contributed by atoms with Gasteiger partial charge in [0.15, 0.2) is 6.23 Å². The van der Waals surface area contributed by atoms with Crippen molar-refractivity contribution in [3.63, 3.8) is 0 Å². The van der Waals surface area contributed by atoms with Gasteiger partial charge in [-0.15, -0.1) is 6.58 Å². The molecule has 15 nitrogen and oxygen atoms in total. The largest absolute Gasteiger partial charge is 0.497 e. The van der Waals surface area contributed by atoms with E-state index in [1.54, 1.807) is 52.1 Å². The Hall–Kier alpha value is -5.22. The first-order valence-electron chi connectivity index (χ1n) is 18.3. The van der Waals surface area contributed by atoms with Crippen LogP contribution in [-0.2, 0) is 29.3 Å². The number of methoxy groups -OCH3 is 2. The van der Waals surface area contributed by atoms with Crippen molar-refractivity contribution in [1.29, 1.82) is 0 Å². The zero-order valence-electron chi connectivity index (χ0n) is 31.7. The summed E-state index contributed by atoms with van der Waals surface area (Å²) in [6.45, 7) is 9.66. The highest BCUT2D eigenvalue weighted by Gasteiger charge is 2.62. The maximum absolute atomic E-state index is 14.8. The Morgan fingerprint density at radius 1 is 1.02 bits per heavy atom. The first kappa shape index (κ1) is 39.5. The second-order valence-corrected chi connectivity index (χ2v) is 16.8. The van der Waals surface area contributed by atoms with Crippen molar-refractivity contribution in [2.75, 3.05) is 27.3 Å². The number of pyridine rings is 1. The van der Waals surface area contributed by atoms with Gasteiger partial charge in [-0.05, 0) is 43.2 Å². The number of benzene rings is 2. The summed E-state index contributed by atoms with van der Waals surface area (Å²) in [6.07, 6.45) is 1.45. The summed E-state index contributed by atoms with van der Waals surface area (Å²) < 4.78 is 46.5. The molecule has 0 bridgehead atoms. The number of hydrogen-bond acceptors (Lipinski definition) is 10. The molecule has 2 aliphatic heterocycles. The van der Waals surface area contributed by atoms with Crippen molar-refractivity contribution in [2.45, 2.75) is 76.7 Å². The first-order valence-corrected chi connectivity index (χ1v) is 19.7. The molecular formula is C39H48N6O9S. The number of likely N-dealkylation sites (tertiary alicyclic amines) is 1. The smallest absolute Gasteiger partial charge is 0.407 e. The molecule has 2 saturated heterocycles. The van der Waals surface area contributed by atoms with Crippen LogP contribution in [0.1, 0.15) is 52.9 Å². The molecule has 55 heavy (non-hydrogen) atoms. The molecule has 1 aromatic heterocycles. The second-order valence-electron chi connectivity index (χ2n) is 15.2. The van der Waals surface area contributed by atoms with E-state index in [4.69, 9.17) is 19.2 Å². The Morgan fingerprint density at radius 2 is 1.73 bits per heavy atom. The van der Waals surface area contributed by atoms with Gasteiger partial charge >= 0.3 is 16.3 Å². The van der Waals surface area contributed by atoms with Crippen molar-refractivity contribution in [3.05, 3.63) is 67.3 Å². The number of fused-ring (bicyclic) bond motifs is 1. The van der Waals surface area contributed by atoms with Crippen molar-refractivity contribution < 1.29 is 41.8 Å². The van der Waals surface area contributed by atoms with Crippen molar-refractivity contribution in [1.82, 2.24) is 29.5 Å². The number of rotatable bonds is 12. The van der Waals surface area contributed by atoms with Gasteiger partial charge in [0.2, 0.25) is 11.8 Å². The highest BCUT2D eigenvalue weighted by Crippen LogP contribution is 2.45. The lowest BCUT2D eigenvalue weighted by molar-refractivity contribution is -0.149.